The summed E-state index contributed by atoms with van der Waals surface area (Å²) in [4.78, 5) is 10.7. The average molecular weight is 212 g/mol. The Morgan fingerprint density at radius 2 is 2.27 bits per heavy atom. The first-order valence-corrected chi connectivity index (χ1v) is 5.79. The normalized spacial score (nSPS) is 25.7. The van der Waals surface area contributed by atoms with Gasteiger partial charge in [0.05, 0.1) is 12.0 Å². The lowest BCUT2D eigenvalue weighted by atomic mass is 9.87. The third-order valence-corrected chi connectivity index (χ3v) is 3.64. The third kappa shape index (κ3) is 2.69. The van der Waals surface area contributed by atoms with E-state index < -0.39 is 5.97 Å². The molecule has 0 spiro atoms. The van der Waals surface area contributed by atoms with E-state index >= 15 is 0 Å². The fraction of sp³-hybridized carbons (Fsp3) is 0.909. The van der Waals surface area contributed by atoms with Gasteiger partial charge in [0.25, 0.3) is 0 Å². The van der Waals surface area contributed by atoms with Crippen LogP contribution in [0.5, 0.6) is 0 Å². The molecule has 4 heteroatoms. The van der Waals surface area contributed by atoms with E-state index in [2.05, 4.69) is 17.6 Å². The molecule has 0 bridgehead atoms. The monoisotopic (exact) mass is 212 g/mol. The fourth-order valence-electron chi connectivity index (χ4n) is 2.24. The van der Waals surface area contributed by atoms with Gasteiger partial charge in [-0.25, -0.2) is 0 Å². The summed E-state index contributed by atoms with van der Waals surface area (Å²) in [6, 6.07) is 0. The highest BCUT2D eigenvalue weighted by molar-refractivity contribution is 5.68. The Bertz CT molecular complexity index is 247. The maximum Gasteiger partial charge on any atom is 0.305 e. The molecule has 4 nitrogen and oxygen atoms in total. The molecule has 0 amide bonds. The van der Waals surface area contributed by atoms with E-state index in [-0.39, 0.29) is 12.0 Å². The van der Waals surface area contributed by atoms with Crippen LogP contribution in [0.15, 0.2) is 0 Å². The first-order valence-electron chi connectivity index (χ1n) is 5.79. The van der Waals surface area contributed by atoms with Crippen LogP contribution in [-0.4, -0.2) is 36.2 Å². The molecule has 0 aromatic rings. The maximum absolute atomic E-state index is 10.7. The van der Waals surface area contributed by atoms with Gasteiger partial charge in [-0.05, 0) is 31.2 Å². The highest BCUT2D eigenvalue weighted by Gasteiger charge is 2.39. The minimum Gasteiger partial charge on any atom is -0.481 e. The standard InChI is InChI=1S/C11H20N2O2/c1-8(9-2-3-9)5-13-11(4-10(14)15)6-12-7-11/h8-9,12-13H,2-7H2,1H3,(H,14,15). The van der Waals surface area contributed by atoms with E-state index in [9.17, 15) is 4.79 Å². The van der Waals surface area contributed by atoms with Crippen LogP contribution in [0.1, 0.15) is 26.2 Å². The van der Waals surface area contributed by atoms with Crippen LogP contribution in [0.3, 0.4) is 0 Å². The second-order valence-electron chi connectivity index (χ2n) is 5.15. The molecule has 3 N–H and O–H groups in total. The van der Waals surface area contributed by atoms with Gasteiger partial charge in [-0.15, -0.1) is 0 Å². The second kappa shape index (κ2) is 4.10. The van der Waals surface area contributed by atoms with Crippen molar-refractivity contribution in [1.82, 2.24) is 10.6 Å². The number of nitrogens with one attached hydrogen (secondary N) is 2. The van der Waals surface area contributed by atoms with Crippen LogP contribution in [0.4, 0.5) is 0 Å². The molecule has 86 valence electrons. The molecule has 1 unspecified atom stereocenters. The van der Waals surface area contributed by atoms with Crippen molar-refractivity contribution >= 4 is 5.97 Å². The molecule has 1 heterocycles. The first kappa shape index (κ1) is 10.9. The summed E-state index contributed by atoms with van der Waals surface area (Å²) in [6.07, 6.45) is 2.94. The highest BCUT2D eigenvalue weighted by Crippen LogP contribution is 2.36. The Morgan fingerprint density at radius 1 is 1.60 bits per heavy atom. The van der Waals surface area contributed by atoms with Crippen molar-refractivity contribution in [2.24, 2.45) is 11.8 Å². The number of hydrogen-bond acceptors (Lipinski definition) is 3. The molecule has 1 aliphatic heterocycles. The van der Waals surface area contributed by atoms with Crippen LogP contribution in [0.2, 0.25) is 0 Å². The van der Waals surface area contributed by atoms with Crippen LogP contribution in [-0.2, 0) is 4.79 Å². The summed E-state index contributed by atoms with van der Waals surface area (Å²) >= 11 is 0. The molecule has 2 fully saturated rings. The molecule has 0 aromatic carbocycles. The molecule has 1 saturated carbocycles. The Morgan fingerprint density at radius 3 is 2.67 bits per heavy atom. The van der Waals surface area contributed by atoms with Gasteiger partial charge in [-0.1, -0.05) is 6.92 Å². The van der Waals surface area contributed by atoms with Crippen molar-refractivity contribution < 1.29 is 9.90 Å². The predicted octanol–water partition coefficient (Wildman–Crippen LogP) is 0.439. The molecule has 1 aliphatic carbocycles. The SMILES string of the molecule is CC(CNC1(CC(=O)O)CNC1)C1CC1. The number of hydrogen-bond donors (Lipinski definition) is 3. The molecular weight excluding hydrogens is 192 g/mol. The number of carboxylic acid groups (broad SMARTS) is 1. The van der Waals surface area contributed by atoms with Crippen molar-refractivity contribution in [3.05, 3.63) is 0 Å². The molecule has 15 heavy (non-hydrogen) atoms. The molecular formula is C11H20N2O2. The van der Waals surface area contributed by atoms with E-state index in [1.165, 1.54) is 12.8 Å². The second-order valence-corrected chi connectivity index (χ2v) is 5.15. The Kier molecular flexibility index (Phi) is 2.98. The van der Waals surface area contributed by atoms with E-state index in [0.29, 0.717) is 5.92 Å². The van der Waals surface area contributed by atoms with Crippen molar-refractivity contribution in [2.75, 3.05) is 19.6 Å². The van der Waals surface area contributed by atoms with Crippen molar-refractivity contribution in [1.29, 1.82) is 0 Å². The van der Waals surface area contributed by atoms with Crippen molar-refractivity contribution in [3.63, 3.8) is 0 Å². The largest absolute Gasteiger partial charge is 0.481 e. The maximum atomic E-state index is 10.7. The molecule has 1 atom stereocenters. The van der Waals surface area contributed by atoms with Gasteiger partial charge in [0, 0.05) is 13.1 Å². The van der Waals surface area contributed by atoms with Crippen LogP contribution in [0.25, 0.3) is 0 Å². The van der Waals surface area contributed by atoms with Gasteiger partial charge in [0.15, 0.2) is 0 Å². The van der Waals surface area contributed by atoms with E-state index in [1.807, 2.05) is 0 Å². The van der Waals surface area contributed by atoms with Gasteiger partial charge in [-0.2, -0.15) is 0 Å². The van der Waals surface area contributed by atoms with Crippen molar-refractivity contribution in [3.8, 4) is 0 Å². The molecule has 2 aliphatic rings. The Labute approximate surface area is 90.4 Å². The quantitative estimate of drug-likeness (QED) is 0.598. The molecule has 1 saturated heterocycles. The fourth-order valence-corrected chi connectivity index (χ4v) is 2.24. The van der Waals surface area contributed by atoms with Gasteiger partial charge in [0.1, 0.15) is 0 Å². The summed E-state index contributed by atoms with van der Waals surface area (Å²) in [6.45, 7) is 4.79. The zero-order valence-corrected chi connectivity index (χ0v) is 9.25. The van der Waals surface area contributed by atoms with E-state index in [1.54, 1.807) is 0 Å². The van der Waals surface area contributed by atoms with Crippen LogP contribution >= 0.6 is 0 Å². The predicted molar refractivity (Wildman–Crippen MR) is 57.7 cm³/mol. The summed E-state index contributed by atoms with van der Waals surface area (Å²) in [7, 11) is 0. The Balaban J connectivity index is 1.76. The van der Waals surface area contributed by atoms with Gasteiger partial charge in [0.2, 0.25) is 0 Å². The van der Waals surface area contributed by atoms with Crippen LogP contribution in [0, 0.1) is 11.8 Å². The summed E-state index contributed by atoms with van der Waals surface area (Å²) < 4.78 is 0. The zero-order chi connectivity index (χ0) is 10.9. The number of carboxylic acids is 1. The number of carbonyl (C=O) groups is 1. The number of rotatable bonds is 6. The van der Waals surface area contributed by atoms with Gasteiger partial charge < -0.3 is 15.7 Å². The summed E-state index contributed by atoms with van der Waals surface area (Å²) in [5.74, 6) is 0.867. The third-order valence-electron chi connectivity index (χ3n) is 3.64. The highest BCUT2D eigenvalue weighted by atomic mass is 16.4. The smallest absolute Gasteiger partial charge is 0.305 e. The van der Waals surface area contributed by atoms with Gasteiger partial charge in [-0.3, -0.25) is 4.79 Å². The van der Waals surface area contributed by atoms with Crippen LogP contribution < -0.4 is 10.6 Å². The van der Waals surface area contributed by atoms with E-state index in [4.69, 9.17) is 5.11 Å². The number of aliphatic carboxylic acids is 1. The molecule has 2 rings (SSSR count). The van der Waals surface area contributed by atoms with Crippen molar-refractivity contribution in [2.45, 2.75) is 31.7 Å². The lowest BCUT2D eigenvalue weighted by molar-refractivity contribution is -0.139. The summed E-state index contributed by atoms with van der Waals surface area (Å²) in [5, 5.41) is 15.4. The lowest BCUT2D eigenvalue weighted by Gasteiger charge is -2.43. The zero-order valence-electron chi connectivity index (χ0n) is 9.25. The Hall–Kier alpha value is -0.610. The average Bonchev–Trinajstić information content (AvgIpc) is 2.91. The first-order chi connectivity index (χ1) is 7.11. The molecule has 0 radical (unpaired) electrons. The molecule has 0 aromatic heterocycles. The topological polar surface area (TPSA) is 61.4 Å². The minimum absolute atomic E-state index is 0.172. The summed E-state index contributed by atoms with van der Waals surface area (Å²) in [5.41, 5.74) is -0.172. The van der Waals surface area contributed by atoms with Gasteiger partial charge >= 0.3 is 5.97 Å². The lowest BCUT2D eigenvalue weighted by Crippen LogP contribution is -2.69. The van der Waals surface area contributed by atoms with E-state index in [0.717, 1.165) is 25.6 Å². The minimum atomic E-state index is -0.705.